The second-order valence-corrected chi connectivity index (χ2v) is 7.49. The highest BCUT2D eigenvalue weighted by Crippen LogP contribution is 2.12. The molecule has 1 fully saturated rings. The monoisotopic (exact) mass is 367 g/mol. The van der Waals surface area contributed by atoms with Gasteiger partial charge >= 0.3 is 0 Å². The van der Waals surface area contributed by atoms with Crippen LogP contribution < -0.4 is 10.6 Å². The summed E-state index contributed by atoms with van der Waals surface area (Å²) in [5, 5.41) is 6.77. The van der Waals surface area contributed by atoms with E-state index >= 15 is 0 Å². The minimum Gasteiger partial charge on any atom is -0.357 e. The normalized spacial score (nSPS) is 16.7. The number of nitrogens with zero attached hydrogens (tertiary/aromatic N) is 3. The third-order valence-corrected chi connectivity index (χ3v) is 4.95. The summed E-state index contributed by atoms with van der Waals surface area (Å²) < 4.78 is 0. The molecule has 0 aliphatic carbocycles. The van der Waals surface area contributed by atoms with E-state index in [1.807, 2.05) is 4.90 Å². The van der Waals surface area contributed by atoms with E-state index in [-0.39, 0.29) is 0 Å². The van der Waals surface area contributed by atoms with Crippen LogP contribution in [0.4, 0.5) is 0 Å². The zero-order valence-electron chi connectivity index (χ0n) is 17.7. The Kier molecular flexibility index (Phi) is 11.3. The zero-order valence-corrected chi connectivity index (χ0v) is 17.7. The van der Waals surface area contributed by atoms with Gasteiger partial charge in [-0.05, 0) is 45.2 Å². The lowest BCUT2D eigenvalue weighted by molar-refractivity contribution is -0.127. The highest BCUT2D eigenvalue weighted by Gasteiger charge is 2.19. The number of aliphatic imine (C=N–C) groups is 1. The second kappa shape index (κ2) is 13.0. The van der Waals surface area contributed by atoms with Gasteiger partial charge in [0.1, 0.15) is 0 Å². The van der Waals surface area contributed by atoms with Gasteiger partial charge in [-0.1, -0.05) is 27.7 Å². The number of likely N-dealkylation sites (tertiary alicyclic amines) is 1. The molecule has 1 atom stereocenters. The van der Waals surface area contributed by atoms with Crippen LogP contribution in [0.15, 0.2) is 4.99 Å². The van der Waals surface area contributed by atoms with Gasteiger partial charge in [0.25, 0.3) is 0 Å². The summed E-state index contributed by atoms with van der Waals surface area (Å²) in [6, 6.07) is 0.489. The number of hydrogen-bond acceptors (Lipinski definition) is 3. The van der Waals surface area contributed by atoms with Crippen LogP contribution in [0.2, 0.25) is 0 Å². The van der Waals surface area contributed by atoms with Crippen molar-refractivity contribution < 1.29 is 4.79 Å². The van der Waals surface area contributed by atoms with E-state index in [0.717, 1.165) is 71.0 Å². The van der Waals surface area contributed by atoms with Crippen LogP contribution in [-0.2, 0) is 4.79 Å². The Morgan fingerprint density at radius 2 is 1.96 bits per heavy atom. The Morgan fingerprint density at radius 3 is 2.50 bits per heavy atom. The Hall–Kier alpha value is -1.30. The van der Waals surface area contributed by atoms with Crippen LogP contribution in [0.3, 0.4) is 0 Å². The Bertz CT molecular complexity index is 420. The van der Waals surface area contributed by atoms with Crippen LogP contribution in [0, 0.1) is 5.92 Å². The van der Waals surface area contributed by atoms with Gasteiger partial charge in [-0.2, -0.15) is 0 Å². The molecule has 1 heterocycles. The first-order chi connectivity index (χ1) is 12.5. The third kappa shape index (κ3) is 8.39. The number of guanidine groups is 1. The molecular formula is C20H41N5O. The first kappa shape index (κ1) is 22.7. The first-order valence-corrected chi connectivity index (χ1v) is 10.6. The highest BCUT2D eigenvalue weighted by molar-refractivity contribution is 5.79. The molecule has 1 amide bonds. The molecule has 0 bridgehead atoms. The van der Waals surface area contributed by atoms with Crippen molar-refractivity contribution in [2.75, 3.05) is 45.8 Å². The van der Waals surface area contributed by atoms with E-state index in [0.29, 0.717) is 17.9 Å². The molecule has 152 valence electrons. The first-order valence-electron chi connectivity index (χ1n) is 10.6. The average Bonchev–Trinajstić information content (AvgIpc) is 3.01. The SMILES string of the molecule is CCNC(=NCC(CC(C)C)N(CC)CC)NCCCN1CCCC1=O. The van der Waals surface area contributed by atoms with Crippen LogP contribution in [0.25, 0.3) is 0 Å². The molecule has 1 unspecified atom stereocenters. The molecule has 2 N–H and O–H groups in total. The lowest BCUT2D eigenvalue weighted by Gasteiger charge is -2.30. The maximum Gasteiger partial charge on any atom is 0.222 e. The van der Waals surface area contributed by atoms with Crippen LogP contribution in [0.5, 0.6) is 0 Å². The number of carbonyl (C=O) groups is 1. The molecule has 0 radical (unpaired) electrons. The molecule has 0 saturated carbocycles. The topological polar surface area (TPSA) is 60.0 Å². The van der Waals surface area contributed by atoms with E-state index in [4.69, 9.17) is 4.99 Å². The maximum atomic E-state index is 11.7. The van der Waals surface area contributed by atoms with Crippen molar-refractivity contribution in [2.24, 2.45) is 10.9 Å². The van der Waals surface area contributed by atoms with E-state index in [1.165, 1.54) is 6.42 Å². The van der Waals surface area contributed by atoms with Gasteiger partial charge in [-0.15, -0.1) is 0 Å². The highest BCUT2D eigenvalue weighted by atomic mass is 16.2. The summed E-state index contributed by atoms with van der Waals surface area (Å²) in [6.07, 6.45) is 3.86. The summed E-state index contributed by atoms with van der Waals surface area (Å²) in [5.74, 6) is 1.87. The van der Waals surface area contributed by atoms with Gasteiger partial charge in [0.05, 0.1) is 6.54 Å². The largest absolute Gasteiger partial charge is 0.357 e. The fourth-order valence-electron chi connectivity index (χ4n) is 3.58. The third-order valence-electron chi connectivity index (χ3n) is 4.95. The van der Waals surface area contributed by atoms with E-state index < -0.39 is 0 Å². The minimum absolute atomic E-state index is 0.307. The molecule has 0 aromatic heterocycles. The van der Waals surface area contributed by atoms with Crippen molar-refractivity contribution in [2.45, 2.75) is 66.3 Å². The fourth-order valence-corrected chi connectivity index (χ4v) is 3.58. The lowest BCUT2D eigenvalue weighted by atomic mass is 10.0. The quantitative estimate of drug-likeness (QED) is 0.316. The number of nitrogens with one attached hydrogen (secondary N) is 2. The van der Waals surface area contributed by atoms with Crippen molar-refractivity contribution in [3.8, 4) is 0 Å². The second-order valence-electron chi connectivity index (χ2n) is 7.49. The van der Waals surface area contributed by atoms with Crippen LogP contribution in [-0.4, -0.2) is 73.5 Å². The van der Waals surface area contributed by atoms with Gasteiger partial charge in [-0.25, -0.2) is 0 Å². The Balaban J connectivity index is 2.49. The molecule has 0 spiro atoms. The molecular weight excluding hydrogens is 326 g/mol. The summed E-state index contributed by atoms with van der Waals surface area (Å²) in [4.78, 5) is 21.0. The minimum atomic E-state index is 0.307. The zero-order chi connectivity index (χ0) is 19.4. The summed E-state index contributed by atoms with van der Waals surface area (Å²) in [6.45, 7) is 17.5. The fraction of sp³-hybridized carbons (Fsp3) is 0.900. The van der Waals surface area contributed by atoms with Crippen molar-refractivity contribution in [3.63, 3.8) is 0 Å². The van der Waals surface area contributed by atoms with E-state index in [2.05, 4.69) is 50.2 Å². The van der Waals surface area contributed by atoms with Gasteiger partial charge in [-0.3, -0.25) is 14.7 Å². The molecule has 1 rings (SSSR count). The average molecular weight is 368 g/mol. The number of amides is 1. The predicted molar refractivity (Wildman–Crippen MR) is 111 cm³/mol. The van der Waals surface area contributed by atoms with Gasteiger partial charge in [0, 0.05) is 38.6 Å². The Labute approximate surface area is 160 Å². The number of rotatable bonds is 12. The van der Waals surface area contributed by atoms with Gasteiger partial charge in [0.2, 0.25) is 5.91 Å². The van der Waals surface area contributed by atoms with E-state index in [1.54, 1.807) is 0 Å². The van der Waals surface area contributed by atoms with Crippen LogP contribution in [0.1, 0.15) is 60.3 Å². The molecule has 1 aliphatic rings. The molecule has 26 heavy (non-hydrogen) atoms. The summed E-state index contributed by atoms with van der Waals surface area (Å²) in [7, 11) is 0. The standard InChI is InChI=1S/C20H41N5O/c1-6-21-20(22-12-10-14-25-13-9-11-19(25)26)23-16-18(15-17(4)5)24(7-2)8-3/h17-18H,6-16H2,1-5H3,(H2,21,22,23). The van der Waals surface area contributed by atoms with Gasteiger partial charge in [0.15, 0.2) is 5.96 Å². The predicted octanol–water partition coefficient (Wildman–Crippen LogP) is 2.31. The lowest BCUT2D eigenvalue weighted by Crippen LogP contribution is -2.42. The number of hydrogen-bond donors (Lipinski definition) is 2. The van der Waals surface area contributed by atoms with E-state index in [9.17, 15) is 4.79 Å². The Morgan fingerprint density at radius 1 is 1.23 bits per heavy atom. The summed E-state index contributed by atoms with van der Waals surface area (Å²) in [5.41, 5.74) is 0. The summed E-state index contributed by atoms with van der Waals surface area (Å²) >= 11 is 0. The number of carbonyl (C=O) groups excluding carboxylic acids is 1. The molecule has 1 aliphatic heterocycles. The smallest absolute Gasteiger partial charge is 0.222 e. The molecule has 0 aromatic rings. The van der Waals surface area contributed by atoms with Crippen molar-refractivity contribution in [1.82, 2.24) is 20.4 Å². The molecule has 6 heteroatoms. The van der Waals surface area contributed by atoms with Crippen molar-refractivity contribution in [3.05, 3.63) is 0 Å². The number of likely N-dealkylation sites (N-methyl/N-ethyl adjacent to an activating group) is 1. The van der Waals surface area contributed by atoms with Crippen molar-refractivity contribution in [1.29, 1.82) is 0 Å². The maximum absolute atomic E-state index is 11.7. The van der Waals surface area contributed by atoms with Gasteiger partial charge < -0.3 is 15.5 Å². The molecule has 1 saturated heterocycles. The van der Waals surface area contributed by atoms with Crippen molar-refractivity contribution >= 4 is 11.9 Å². The van der Waals surface area contributed by atoms with Crippen LogP contribution >= 0.6 is 0 Å². The molecule has 6 nitrogen and oxygen atoms in total. The molecule has 0 aromatic carbocycles.